The molecular weight excluding hydrogens is 646 g/mol. The highest BCUT2D eigenvalue weighted by Gasteiger charge is 2.35. The number of hydrogen-bond donors (Lipinski definition) is 3. The van der Waals surface area contributed by atoms with Crippen LogP contribution in [-0.4, -0.2) is 108 Å². The summed E-state index contributed by atoms with van der Waals surface area (Å²) in [6, 6.07) is 7.52. The maximum absolute atomic E-state index is 14.1. The highest BCUT2D eigenvalue weighted by Crippen LogP contribution is 2.29. The maximum atomic E-state index is 14.1. The average molecular weight is 697 g/mol. The normalized spacial score (nSPS) is 26.0. The zero-order chi connectivity index (χ0) is 32.2. The van der Waals surface area contributed by atoms with Crippen molar-refractivity contribution >= 4 is 39.6 Å². The SMILES string of the molecule is CC1C=C(C[C@@H](NC(=O)N2CCC(N3CCc4ccccc4NC3=O)CC2)C(=O)N2CCC(N3CCCCC3)CC2)C=C(Br)C1N. The molecule has 1 aromatic carbocycles. The summed E-state index contributed by atoms with van der Waals surface area (Å²) in [5.74, 6) is 0.123. The van der Waals surface area contributed by atoms with Crippen molar-refractivity contribution in [2.45, 2.75) is 88.9 Å². The molecule has 0 bridgehead atoms. The van der Waals surface area contributed by atoms with Crippen LogP contribution >= 0.6 is 15.9 Å². The number of rotatable bonds is 6. The quantitative estimate of drug-likeness (QED) is 0.401. The number of likely N-dealkylation sites (tertiary alicyclic amines) is 3. The number of benzene rings is 1. The number of carbonyl (C=O) groups excluding carboxylic acids is 3. The van der Waals surface area contributed by atoms with Gasteiger partial charge in [-0.3, -0.25) is 4.79 Å². The van der Waals surface area contributed by atoms with E-state index in [0.29, 0.717) is 44.9 Å². The molecule has 11 heteroatoms. The molecule has 2 unspecified atom stereocenters. The molecule has 5 aliphatic rings. The van der Waals surface area contributed by atoms with Crippen LogP contribution in [0.5, 0.6) is 0 Å². The molecule has 5 amide bonds. The van der Waals surface area contributed by atoms with Crippen LogP contribution in [0.4, 0.5) is 15.3 Å². The number of para-hydroxylation sites is 1. The lowest BCUT2D eigenvalue weighted by Gasteiger charge is -2.41. The molecule has 4 N–H and O–H groups in total. The molecule has 3 atom stereocenters. The van der Waals surface area contributed by atoms with Gasteiger partial charge in [0.15, 0.2) is 0 Å². The third-order valence-corrected chi connectivity index (χ3v) is 11.5. The third-order valence-electron chi connectivity index (χ3n) is 10.7. The minimum absolute atomic E-state index is 0.00548. The van der Waals surface area contributed by atoms with Gasteiger partial charge < -0.3 is 36.0 Å². The molecule has 1 aliphatic carbocycles. The summed E-state index contributed by atoms with van der Waals surface area (Å²) in [4.78, 5) is 49.2. The van der Waals surface area contributed by atoms with Gasteiger partial charge in [-0.05, 0) is 87.2 Å². The van der Waals surface area contributed by atoms with E-state index < -0.39 is 6.04 Å². The van der Waals surface area contributed by atoms with Gasteiger partial charge in [-0.2, -0.15) is 0 Å². The van der Waals surface area contributed by atoms with Gasteiger partial charge in [0, 0.05) is 67.4 Å². The Morgan fingerprint density at radius 3 is 2.35 bits per heavy atom. The number of halogens is 1. The summed E-state index contributed by atoms with van der Waals surface area (Å²) in [5, 5.41) is 6.22. The Hall–Kier alpha value is -2.89. The molecule has 250 valence electrons. The van der Waals surface area contributed by atoms with E-state index in [1.807, 2.05) is 39.0 Å². The Labute approximate surface area is 281 Å². The van der Waals surface area contributed by atoms with E-state index in [9.17, 15) is 14.4 Å². The molecule has 10 nitrogen and oxygen atoms in total. The first-order chi connectivity index (χ1) is 22.3. The molecular formula is C35H50BrN7O3. The zero-order valence-corrected chi connectivity index (χ0v) is 28.7. The van der Waals surface area contributed by atoms with Crippen LogP contribution in [0.25, 0.3) is 0 Å². The van der Waals surface area contributed by atoms with Gasteiger partial charge in [-0.1, -0.05) is 53.5 Å². The summed E-state index contributed by atoms with van der Waals surface area (Å²) in [5.41, 5.74) is 9.34. The molecule has 0 radical (unpaired) electrons. The van der Waals surface area contributed by atoms with Crippen molar-refractivity contribution < 1.29 is 14.4 Å². The lowest BCUT2D eigenvalue weighted by molar-refractivity contribution is -0.134. The number of nitrogens with one attached hydrogen (secondary N) is 2. The van der Waals surface area contributed by atoms with E-state index in [2.05, 4.69) is 50.5 Å². The molecule has 0 aromatic heterocycles. The standard InChI is InChI=1S/C35H50BrN7O3/c1-24-21-25(22-29(36)32(24)37)23-31(33(44)41-16-10-27(11-17-41)40-14-5-2-6-15-40)39-34(45)42-18-12-28(13-19-42)43-20-9-26-7-3-4-8-30(26)38-35(43)46/h3-4,7-8,21-22,24,27-28,31-32H,2,5-6,9-20,23,37H2,1H3,(H,38,46)(H,39,45)/t24?,31-,32?/m1/s1. The second kappa shape index (κ2) is 14.9. The Kier molecular flexibility index (Phi) is 10.7. The van der Waals surface area contributed by atoms with Crippen molar-refractivity contribution in [3.63, 3.8) is 0 Å². The first-order valence-electron chi connectivity index (χ1n) is 17.3. The van der Waals surface area contributed by atoms with E-state index in [1.54, 1.807) is 0 Å². The Morgan fingerprint density at radius 2 is 1.63 bits per heavy atom. The Bertz CT molecular complexity index is 1330. The molecule has 1 aromatic rings. The van der Waals surface area contributed by atoms with E-state index >= 15 is 0 Å². The van der Waals surface area contributed by atoms with Crippen LogP contribution < -0.4 is 16.4 Å². The van der Waals surface area contributed by atoms with Crippen molar-refractivity contribution in [1.82, 2.24) is 24.9 Å². The number of allylic oxidation sites excluding steroid dienone is 1. The van der Waals surface area contributed by atoms with Crippen LogP contribution in [0.2, 0.25) is 0 Å². The van der Waals surface area contributed by atoms with Gasteiger partial charge in [-0.25, -0.2) is 9.59 Å². The van der Waals surface area contributed by atoms with Crippen molar-refractivity contribution in [2.24, 2.45) is 11.7 Å². The van der Waals surface area contributed by atoms with Crippen LogP contribution in [0, 0.1) is 5.92 Å². The summed E-state index contributed by atoms with van der Waals surface area (Å²) < 4.78 is 0.917. The molecule has 4 aliphatic heterocycles. The van der Waals surface area contributed by atoms with Crippen LogP contribution in [-0.2, 0) is 11.2 Å². The fourth-order valence-electron chi connectivity index (χ4n) is 7.89. The van der Waals surface area contributed by atoms with Crippen molar-refractivity contribution in [1.29, 1.82) is 0 Å². The van der Waals surface area contributed by atoms with Crippen LogP contribution in [0.1, 0.15) is 63.9 Å². The smallest absolute Gasteiger partial charge is 0.322 e. The molecule has 3 fully saturated rings. The molecule has 4 heterocycles. The Morgan fingerprint density at radius 1 is 0.957 bits per heavy atom. The summed E-state index contributed by atoms with van der Waals surface area (Å²) >= 11 is 3.62. The van der Waals surface area contributed by atoms with Gasteiger partial charge in [0.25, 0.3) is 0 Å². The third kappa shape index (κ3) is 7.63. The number of anilines is 1. The fourth-order valence-corrected chi connectivity index (χ4v) is 8.60. The van der Waals surface area contributed by atoms with Gasteiger partial charge >= 0.3 is 12.1 Å². The summed E-state index contributed by atoms with van der Waals surface area (Å²) in [6.07, 6.45) is 12.6. The number of nitrogens with zero attached hydrogens (tertiary/aromatic N) is 4. The summed E-state index contributed by atoms with van der Waals surface area (Å²) in [7, 11) is 0. The van der Waals surface area contributed by atoms with Crippen molar-refractivity contribution in [3.8, 4) is 0 Å². The van der Waals surface area contributed by atoms with Crippen molar-refractivity contribution in [2.75, 3.05) is 51.1 Å². The first kappa shape index (κ1) is 33.0. The van der Waals surface area contributed by atoms with Crippen molar-refractivity contribution in [3.05, 3.63) is 52.0 Å². The predicted octanol–water partition coefficient (Wildman–Crippen LogP) is 4.67. The highest BCUT2D eigenvalue weighted by atomic mass is 79.9. The fraction of sp³-hybridized carbons (Fsp3) is 0.629. The second-order valence-electron chi connectivity index (χ2n) is 13.8. The molecule has 0 spiro atoms. The van der Waals surface area contributed by atoms with Crippen LogP contribution in [0.15, 0.2) is 46.5 Å². The van der Waals surface area contributed by atoms with E-state index in [0.717, 1.165) is 53.7 Å². The number of carbonyl (C=O) groups is 3. The highest BCUT2D eigenvalue weighted by molar-refractivity contribution is 9.11. The number of fused-ring (bicyclic) bond motifs is 1. The van der Waals surface area contributed by atoms with E-state index in [1.165, 1.54) is 32.4 Å². The molecule has 0 saturated carbocycles. The lowest BCUT2D eigenvalue weighted by Crippen LogP contribution is -2.57. The topological polar surface area (TPSA) is 114 Å². The largest absolute Gasteiger partial charge is 0.341 e. The molecule has 46 heavy (non-hydrogen) atoms. The second-order valence-corrected chi connectivity index (χ2v) is 14.7. The first-order valence-corrected chi connectivity index (χ1v) is 18.1. The monoisotopic (exact) mass is 695 g/mol. The van der Waals surface area contributed by atoms with Gasteiger partial charge in [0.05, 0.1) is 0 Å². The average Bonchev–Trinajstić information content (AvgIpc) is 3.25. The minimum atomic E-state index is -0.657. The molecule has 3 saturated heterocycles. The predicted molar refractivity (Wildman–Crippen MR) is 185 cm³/mol. The number of hydrogen-bond acceptors (Lipinski definition) is 5. The van der Waals surface area contributed by atoms with E-state index in [-0.39, 0.29) is 36.0 Å². The van der Waals surface area contributed by atoms with Gasteiger partial charge in [-0.15, -0.1) is 0 Å². The van der Waals surface area contributed by atoms with E-state index in [4.69, 9.17) is 5.73 Å². The zero-order valence-electron chi connectivity index (χ0n) is 27.1. The van der Waals surface area contributed by atoms with Gasteiger partial charge in [0.1, 0.15) is 6.04 Å². The maximum Gasteiger partial charge on any atom is 0.322 e. The number of piperidine rings is 3. The molecule has 6 rings (SSSR count). The van der Waals surface area contributed by atoms with Crippen LogP contribution in [0.3, 0.4) is 0 Å². The lowest BCUT2D eigenvalue weighted by atomic mass is 9.90. The minimum Gasteiger partial charge on any atom is -0.341 e. The number of amides is 5. The van der Waals surface area contributed by atoms with Gasteiger partial charge in [0.2, 0.25) is 5.91 Å². The Balaban J connectivity index is 1.08. The number of urea groups is 2. The number of nitrogens with two attached hydrogens (primary N) is 1. The summed E-state index contributed by atoms with van der Waals surface area (Å²) in [6.45, 7) is 7.58.